The van der Waals surface area contributed by atoms with Crippen molar-refractivity contribution in [1.29, 1.82) is 0 Å². The summed E-state index contributed by atoms with van der Waals surface area (Å²) >= 11 is 6.03. The lowest BCUT2D eigenvalue weighted by Gasteiger charge is -2.22. The normalized spacial score (nSPS) is 11.5. The average Bonchev–Trinajstić information content (AvgIpc) is 2.54. The predicted molar refractivity (Wildman–Crippen MR) is 123 cm³/mol. The zero-order valence-electron chi connectivity index (χ0n) is 15.4. The highest BCUT2D eigenvalue weighted by Gasteiger charge is 2.08. The number of halogens is 2. The smallest absolute Gasteiger partial charge is 0.229 e. The Hall–Kier alpha value is -1.52. The second-order valence-electron chi connectivity index (χ2n) is 5.96. The molecular weight excluding hydrogens is 499 g/mol. The molecule has 0 aromatic heterocycles. The Morgan fingerprint density at radius 3 is 2.44 bits per heavy atom. The van der Waals surface area contributed by atoms with E-state index in [0.717, 1.165) is 23.3 Å². The molecule has 148 valence electrons. The van der Waals surface area contributed by atoms with Crippen LogP contribution in [0, 0.1) is 0 Å². The van der Waals surface area contributed by atoms with Crippen molar-refractivity contribution in [3.05, 3.63) is 64.7 Å². The SMILES string of the molecule is CN=C(NCc1cccc(NS(C)(=O)=O)c1)N(C)Cc1cccc(Cl)c1.I. The summed E-state index contributed by atoms with van der Waals surface area (Å²) in [5.74, 6) is 0.728. The van der Waals surface area contributed by atoms with Crippen molar-refractivity contribution in [2.75, 3.05) is 25.1 Å². The van der Waals surface area contributed by atoms with E-state index >= 15 is 0 Å². The highest BCUT2D eigenvalue weighted by atomic mass is 127. The highest BCUT2D eigenvalue weighted by molar-refractivity contribution is 14.0. The largest absolute Gasteiger partial charge is 0.352 e. The monoisotopic (exact) mass is 522 g/mol. The summed E-state index contributed by atoms with van der Waals surface area (Å²) in [6.45, 7) is 1.18. The maximum atomic E-state index is 11.3. The number of anilines is 1. The average molecular weight is 523 g/mol. The van der Waals surface area contributed by atoms with Crippen molar-refractivity contribution < 1.29 is 8.42 Å². The molecule has 0 unspecified atom stereocenters. The topological polar surface area (TPSA) is 73.8 Å². The fourth-order valence-corrected chi connectivity index (χ4v) is 3.28. The zero-order valence-corrected chi connectivity index (χ0v) is 19.3. The molecule has 2 aromatic rings. The Morgan fingerprint density at radius 2 is 1.81 bits per heavy atom. The number of nitrogens with one attached hydrogen (secondary N) is 2. The van der Waals surface area contributed by atoms with Crippen LogP contribution in [0.3, 0.4) is 0 Å². The first kappa shape index (κ1) is 23.5. The van der Waals surface area contributed by atoms with Gasteiger partial charge < -0.3 is 10.2 Å². The molecule has 6 nitrogen and oxygen atoms in total. The first-order valence-corrected chi connectivity index (χ1v) is 10.3. The molecule has 2 N–H and O–H groups in total. The second-order valence-corrected chi connectivity index (χ2v) is 8.15. The molecule has 0 saturated carbocycles. The first-order valence-electron chi connectivity index (χ1n) is 8.00. The summed E-state index contributed by atoms with van der Waals surface area (Å²) in [5.41, 5.74) is 2.56. The van der Waals surface area contributed by atoms with E-state index < -0.39 is 10.0 Å². The van der Waals surface area contributed by atoms with E-state index in [-0.39, 0.29) is 24.0 Å². The second kappa shape index (κ2) is 10.7. The molecule has 0 heterocycles. The Balaban J connectivity index is 0.00000364. The molecule has 0 saturated heterocycles. The van der Waals surface area contributed by atoms with Crippen molar-refractivity contribution in [2.24, 2.45) is 4.99 Å². The Labute approximate surface area is 183 Å². The highest BCUT2D eigenvalue weighted by Crippen LogP contribution is 2.13. The molecule has 27 heavy (non-hydrogen) atoms. The van der Waals surface area contributed by atoms with Crippen LogP contribution >= 0.6 is 35.6 Å². The number of benzene rings is 2. The summed E-state index contributed by atoms with van der Waals surface area (Å²) < 4.78 is 25.2. The molecule has 0 amide bonds. The van der Waals surface area contributed by atoms with Crippen molar-refractivity contribution in [3.8, 4) is 0 Å². The van der Waals surface area contributed by atoms with Gasteiger partial charge in [0.1, 0.15) is 0 Å². The minimum absolute atomic E-state index is 0. The van der Waals surface area contributed by atoms with Crippen LogP contribution in [0.25, 0.3) is 0 Å². The van der Waals surface area contributed by atoms with Gasteiger partial charge in [-0.25, -0.2) is 8.42 Å². The van der Waals surface area contributed by atoms with Gasteiger partial charge in [0, 0.05) is 37.9 Å². The van der Waals surface area contributed by atoms with Gasteiger partial charge in [0.05, 0.1) is 6.26 Å². The standard InChI is InChI=1S/C18H23ClN4O2S.HI/c1-20-18(23(2)13-15-7-4-8-16(19)10-15)21-12-14-6-5-9-17(11-14)22-26(3,24)25;/h4-11,22H,12-13H2,1-3H3,(H,20,21);1H. The van der Waals surface area contributed by atoms with Crippen LogP contribution in [0.15, 0.2) is 53.5 Å². The molecular formula is C18H24ClIN4O2S. The molecule has 0 radical (unpaired) electrons. The number of nitrogens with zero attached hydrogens (tertiary/aromatic N) is 2. The van der Waals surface area contributed by atoms with Crippen molar-refractivity contribution in [1.82, 2.24) is 10.2 Å². The van der Waals surface area contributed by atoms with Gasteiger partial charge in [0.2, 0.25) is 10.0 Å². The van der Waals surface area contributed by atoms with Gasteiger partial charge in [-0.2, -0.15) is 0 Å². The van der Waals surface area contributed by atoms with Crippen LogP contribution < -0.4 is 10.0 Å². The molecule has 0 atom stereocenters. The molecule has 0 spiro atoms. The molecule has 0 aliphatic carbocycles. The number of guanidine groups is 1. The van der Waals surface area contributed by atoms with Gasteiger partial charge >= 0.3 is 0 Å². The molecule has 0 aliphatic heterocycles. The van der Waals surface area contributed by atoms with Crippen LogP contribution in [0.1, 0.15) is 11.1 Å². The lowest BCUT2D eigenvalue weighted by atomic mass is 10.2. The van der Waals surface area contributed by atoms with Crippen molar-refractivity contribution in [3.63, 3.8) is 0 Å². The van der Waals surface area contributed by atoms with Crippen LogP contribution in [0.5, 0.6) is 0 Å². The van der Waals surface area contributed by atoms with Gasteiger partial charge in [-0.1, -0.05) is 35.9 Å². The summed E-state index contributed by atoms with van der Waals surface area (Å²) in [6, 6.07) is 14.9. The molecule has 0 aliphatic rings. The first-order chi connectivity index (χ1) is 12.3. The molecule has 9 heteroatoms. The van der Waals surface area contributed by atoms with Gasteiger partial charge in [0.15, 0.2) is 5.96 Å². The van der Waals surface area contributed by atoms with Crippen LogP contribution in [0.4, 0.5) is 5.69 Å². The third-order valence-electron chi connectivity index (χ3n) is 3.56. The number of rotatable bonds is 6. The number of aliphatic imine (C=N–C) groups is 1. The minimum Gasteiger partial charge on any atom is -0.352 e. The predicted octanol–water partition coefficient (Wildman–Crippen LogP) is 3.54. The quantitative estimate of drug-likeness (QED) is 0.346. The molecule has 2 aromatic carbocycles. The lowest BCUT2D eigenvalue weighted by Crippen LogP contribution is -2.38. The van der Waals surface area contributed by atoms with Crippen molar-refractivity contribution in [2.45, 2.75) is 13.1 Å². The number of hydrogen-bond acceptors (Lipinski definition) is 3. The van der Waals surface area contributed by atoms with Gasteiger partial charge in [-0.15, -0.1) is 24.0 Å². The molecule has 0 bridgehead atoms. The van der Waals surface area contributed by atoms with Gasteiger partial charge in [-0.05, 0) is 35.4 Å². The van der Waals surface area contributed by atoms with E-state index in [0.29, 0.717) is 23.8 Å². The lowest BCUT2D eigenvalue weighted by molar-refractivity contribution is 0.476. The van der Waals surface area contributed by atoms with E-state index in [9.17, 15) is 8.42 Å². The minimum atomic E-state index is -3.29. The maximum Gasteiger partial charge on any atom is 0.229 e. The fraction of sp³-hybridized carbons (Fsp3) is 0.278. The summed E-state index contributed by atoms with van der Waals surface area (Å²) in [7, 11) is 0.368. The Bertz CT molecular complexity index is 890. The fourth-order valence-electron chi connectivity index (χ4n) is 2.51. The zero-order chi connectivity index (χ0) is 19.2. The van der Waals surface area contributed by atoms with Crippen LogP contribution in [0.2, 0.25) is 5.02 Å². The van der Waals surface area contributed by atoms with Gasteiger partial charge in [-0.3, -0.25) is 9.71 Å². The Morgan fingerprint density at radius 1 is 1.15 bits per heavy atom. The summed E-state index contributed by atoms with van der Waals surface area (Å²) in [6.07, 6.45) is 1.13. The summed E-state index contributed by atoms with van der Waals surface area (Å²) in [4.78, 5) is 6.28. The third kappa shape index (κ3) is 8.35. The van der Waals surface area contributed by atoms with Crippen LogP contribution in [-0.4, -0.2) is 39.6 Å². The van der Waals surface area contributed by atoms with Crippen molar-refractivity contribution >= 4 is 57.2 Å². The number of hydrogen-bond donors (Lipinski definition) is 2. The van der Waals surface area contributed by atoms with Gasteiger partial charge in [0.25, 0.3) is 0 Å². The molecule has 0 fully saturated rings. The summed E-state index contributed by atoms with van der Waals surface area (Å²) in [5, 5.41) is 3.98. The molecule has 2 rings (SSSR count). The van der Waals surface area contributed by atoms with E-state index in [1.807, 2.05) is 48.3 Å². The van der Waals surface area contributed by atoms with E-state index in [2.05, 4.69) is 15.0 Å². The van der Waals surface area contributed by atoms with E-state index in [1.54, 1.807) is 19.2 Å². The van der Waals surface area contributed by atoms with E-state index in [4.69, 9.17) is 11.6 Å². The number of sulfonamides is 1. The Kier molecular flexibility index (Phi) is 9.34. The maximum absolute atomic E-state index is 11.3. The van der Waals surface area contributed by atoms with Crippen LogP contribution in [-0.2, 0) is 23.1 Å². The third-order valence-corrected chi connectivity index (χ3v) is 4.40. The van der Waals surface area contributed by atoms with E-state index in [1.165, 1.54) is 0 Å².